The van der Waals surface area contributed by atoms with Crippen molar-refractivity contribution in [2.45, 2.75) is 78.0 Å². The van der Waals surface area contributed by atoms with Crippen LogP contribution in [0, 0.1) is 0 Å². The van der Waals surface area contributed by atoms with Gasteiger partial charge in [0.05, 0.1) is 36.5 Å². The van der Waals surface area contributed by atoms with E-state index >= 15 is 0 Å². The molecule has 1 unspecified atom stereocenters. The average Bonchev–Trinajstić information content (AvgIpc) is 3.47. The summed E-state index contributed by atoms with van der Waals surface area (Å²) in [4.78, 5) is 25.3. The van der Waals surface area contributed by atoms with Gasteiger partial charge in [0.25, 0.3) is 5.91 Å². The first-order valence-electron chi connectivity index (χ1n) is 15.2. The molecule has 1 amide bonds. The molecule has 1 atom stereocenters. The lowest BCUT2D eigenvalue weighted by molar-refractivity contribution is -0.0497. The van der Waals surface area contributed by atoms with Crippen molar-refractivity contribution in [2.24, 2.45) is 0 Å². The molecule has 5 rings (SSSR count). The first-order valence-corrected chi connectivity index (χ1v) is 18.9. The molecule has 1 saturated heterocycles. The maximum absolute atomic E-state index is 13.5. The van der Waals surface area contributed by atoms with Crippen molar-refractivity contribution >= 4 is 36.0 Å². The number of ether oxygens (including phenoxy) is 3. The van der Waals surface area contributed by atoms with E-state index in [0.29, 0.717) is 58.8 Å². The summed E-state index contributed by atoms with van der Waals surface area (Å²) in [6.07, 6.45) is 3.20. The number of morpholine rings is 1. The van der Waals surface area contributed by atoms with E-state index in [1.807, 2.05) is 27.8 Å². The van der Waals surface area contributed by atoms with Gasteiger partial charge in [-0.25, -0.2) is 9.97 Å². The standard InChI is InChI=1S/C31H43F2N7O4Si/c1-31(2,3)36-29(41)23-18-39(19-42-12-13-45(5,6)7)28-27(23)35-24(15-34-28)26-22-14-20(44-30(32)33)8-9-25(22)40(37-26)17-21-16-38(4)10-11-43-21/h8-9,14-15,18,21,30H,10-13,16-17,19H2,1-7H3,(H,36,41). The molecule has 0 spiro atoms. The minimum atomic E-state index is -2.97. The van der Waals surface area contributed by atoms with Gasteiger partial charge in [0.1, 0.15) is 29.4 Å². The molecule has 244 valence electrons. The number of halogens is 2. The predicted molar refractivity (Wildman–Crippen MR) is 171 cm³/mol. The van der Waals surface area contributed by atoms with Gasteiger partial charge in [-0.15, -0.1) is 0 Å². The fourth-order valence-corrected chi connectivity index (χ4v) is 5.97. The molecule has 11 nitrogen and oxygen atoms in total. The summed E-state index contributed by atoms with van der Waals surface area (Å²) in [6, 6.07) is 5.74. The summed E-state index contributed by atoms with van der Waals surface area (Å²) < 4.78 is 46.6. The van der Waals surface area contributed by atoms with Crippen molar-refractivity contribution in [1.82, 2.24) is 34.5 Å². The highest BCUT2D eigenvalue weighted by atomic mass is 28.3. The normalized spacial score (nSPS) is 16.6. The number of nitrogens with zero attached hydrogens (tertiary/aromatic N) is 6. The van der Waals surface area contributed by atoms with Crippen LogP contribution in [0.4, 0.5) is 8.78 Å². The van der Waals surface area contributed by atoms with Crippen LogP contribution in [0.15, 0.2) is 30.6 Å². The summed E-state index contributed by atoms with van der Waals surface area (Å²) in [5, 5.41) is 8.46. The Hall–Kier alpha value is -3.46. The second-order valence-corrected chi connectivity index (χ2v) is 19.5. The molecule has 4 aromatic rings. The average molecular weight is 644 g/mol. The van der Waals surface area contributed by atoms with Gasteiger partial charge in [-0.1, -0.05) is 19.6 Å². The van der Waals surface area contributed by atoms with Crippen LogP contribution in [0.2, 0.25) is 25.7 Å². The number of amides is 1. The van der Waals surface area contributed by atoms with E-state index in [1.165, 1.54) is 12.1 Å². The quantitative estimate of drug-likeness (QED) is 0.175. The first-order chi connectivity index (χ1) is 21.2. The Morgan fingerprint density at radius 1 is 1.24 bits per heavy atom. The van der Waals surface area contributed by atoms with Gasteiger partial charge in [0, 0.05) is 44.9 Å². The fraction of sp³-hybridized carbons (Fsp3) is 0.548. The smallest absolute Gasteiger partial charge is 0.387 e. The predicted octanol–water partition coefficient (Wildman–Crippen LogP) is 5.22. The molecule has 1 aliphatic heterocycles. The molecule has 3 aromatic heterocycles. The molecule has 1 N–H and O–H groups in total. The van der Waals surface area contributed by atoms with Gasteiger partial charge in [-0.05, 0) is 52.1 Å². The minimum absolute atomic E-state index is 0.00727. The van der Waals surface area contributed by atoms with Crippen LogP contribution in [0.1, 0.15) is 31.1 Å². The Morgan fingerprint density at radius 2 is 2.02 bits per heavy atom. The molecule has 1 fully saturated rings. The van der Waals surface area contributed by atoms with Crippen LogP contribution < -0.4 is 10.1 Å². The highest BCUT2D eigenvalue weighted by Crippen LogP contribution is 2.32. The number of aromatic nitrogens is 5. The third-order valence-corrected chi connectivity index (χ3v) is 9.14. The zero-order valence-corrected chi connectivity index (χ0v) is 28.1. The molecule has 1 aliphatic rings. The SMILES string of the molecule is CN1CCOC(Cn2nc(-c3cnc4c(n3)c(C(=O)NC(C)(C)C)cn4COCC[Si](C)(C)C)c3cc(OC(F)F)ccc32)C1. The van der Waals surface area contributed by atoms with Crippen molar-refractivity contribution < 1.29 is 27.8 Å². The molecular weight excluding hydrogens is 600 g/mol. The highest BCUT2D eigenvalue weighted by Gasteiger charge is 2.25. The van der Waals surface area contributed by atoms with Crippen LogP contribution in [0.3, 0.4) is 0 Å². The largest absolute Gasteiger partial charge is 0.435 e. The lowest BCUT2D eigenvalue weighted by atomic mass is 10.1. The summed E-state index contributed by atoms with van der Waals surface area (Å²) in [7, 11) is 0.758. The number of hydrogen-bond donors (Lipinski definition) is 1. The lowest BCUT2D eigenvalue weighted by Gasteiger charge is -2.30. The highest BCUT2D eigenvalue weighted by molar-refractivity contribution is 6.76. The number of carbonyl (C=O) groups is 1. The third-order valence-electron chi connectivity index (χ3n) is 7.43. The maximum Gasteiger partial charge on any atom is 0.387 e. The van der Waals surface area contributed by atoms with Gasteiger partial charge < -0.3 is 29.0 Å². The topological polar surface area (TPSA) is 109 Å². The molecule has 0 aliphatic carbocycles. The Morgan fingerprint density at radius 3 is 2.71 bits per heavy atom. The van der Waals surface area contributed by atoms with Crippen molar-refractivity contribution in [3.63, 3.8) is 0 Å². The van der Waals surface area contributed by atoms with Crippen LogP contribution in [-0.2, 0) is 22.7 Å². The van der Waals surface area contributed by atoms with Crippen LogP contribution >= 0.6 is 0 Å². The molecule has 0 saturated carbocycles. The van der Waals surface area contributed by atoms with Gasteiger partial charge in [-0.2, -0.15) is 13.9 Å². The minimum Gasteiger partial charge on any atom is -0.435 e. The molecule has 0 bridgehead atoms. The lowest BCUT2D eigenvalue weighted by Crippen LogP contribution is -2.42. The van der Waals surface area contributed by atoms with Crippen molar-refractivity contribution in [3.05, 3.63) is 36.2 Å². The number of rotatable bonds is 11. The second kappa shape index (κ2) is 13.1. The molecular formula is C31H43F2N7O4Si. The Bertz CT molecular complexity index is 1660. The second-order valence-electron chi connectivity index (χ2n) is 13.8. The zero-order chi connectivity index (χ0) is 32.5. The van der Waals surface area contributed by atoms with E-state index < -0.39 is 20.2 Å². The summed E-state index contributed by atoms with van der Waals surface area (Å²) in [5.74, 6) is -0.283. The first kappa shape index (κ1) is 32.9. The molecule has 0 radical (unpaired) electrons. The van der Waals surface area contributed by atoms with Crippen molar-refractivity contribution in [2.75, 3.05) is 33.4 Å². The molecule has 14 heteroatoms. The van der Waals surface area contributed by atoms with E-state index in [0.717, 1.165) is 19.1 Å². The molecule has 1 aromatic carbocycles. The molecule has 4 heterocycles. The number of alkyl halides is 2. The maximum atomic E-state index is 13.5. The van der Waals surface area contributed by atoms with E-state index in [1.54, 1.807) is 27.7 Å². The molecule has 45 heavy (non-hydrogen) atoms. The number of likely N-dealkylation sites (N-methyl/N-ethyl adjacent to an activating group) is 1. The monoisotopic (exact) mass is 643 g/mol. The number of hydrogen-bond acceptors (Lipinski definition) is 8. The summed E-state index contributed by atoms with van der Waals surface area (Å²) in [6.45, 7) is 13.1. The summed E-state index contributed by atoms with van der Waals surface area (Å²) in [5.41, 5.74) is 2.30. The van der Waals surface area contributed by atoms with E-state index in [9.17, 15) is 13.6 Å². The van der Waals surface area contributed by atoms with Crippen LogP contribution in [0.5, 0.6) is 5.75 Å². The van der Waals surface area contributed by atoms with Crippen molar-refractivity contribution in [1.29, 1.82) is 0 Å². The fourth-order valence-electron chi connectivity index (χ4n) is 5.21. The Balaban J connectivity index is 1.57. The van der Waals surface area contributed by atoms with Gasteiger partial charge in [0.2, 0.25) is 0 Å². The summed E-state index contributed by atoms with van der Waals surface area (Å²) >= 11 is 0. The number of nitrogens with one attached hydrogen (secondary N) is 1. The van der Waals surface area contributed by atoms with Crippen LogP contribution in [-0.4, -0.2) is 94.8 Å². The van der Waals surface area contributed by atoms with Gasteiger partial charge in [0.15, 0.2) is 5.65 Å². The Labute approximate surface area is 262 Å². The van der Waals surface area contributed by atoms with Crippen LogP contribution in [0.25, 0.3) is 33.5 Å². The van der Waals surface area contributed by atoms with Gasteiger partial charge in [-0.3, -0.25) is 9.48 Å². The third kappa shape index (κ3) is 8.23. The van der Waals surface area contributed by atoms with E-state index in [2.05, 4.69) is 29.9 Å². The Kier molecular flexibility index (Phi) is 9.59. The van der Waals surface area contributed by atoms with Crippen molar-refractivity contribution in [3.8, 4) is 17.1 Å². The van der Waals surface area contributed by atoms with Gasteiger partial charge >= 0.3 is 6.61 Å². The zero-order valence-electron chi connectivity index (χ0n) is 27.1. The van der Waals surface area contributed by atoms with E-state index in [-0.39, 0.29) is 24.5 Å². The van der Waals surface area contributed by atoms with E-state index in [4.69, 9.17) is 29.3 Å². The number of fused-ring (bicyclic) bond motifs is 2. The number of carbonyl (C=O) groups excluding carboxylic acids is 1. The number of benzene rings is 1.